The maximum atomic E-state index is 10.7. The van der Waals surface area contributed by atoms with Gasteiger partial charge < -0.3 is 0 Å². The number of carbonyl (C=O) groups excluding carboxylic acids is 1. The Kier molecular flexibility index (Phi) is 6.27. The summed E-state index contributed by atoms with van der Waals surface area (Å²) in [6.45, 7) is 0. The molecule has 9 heavy (non-hydrogen) atoms. The second-order valence-electron chi connectivity index (χ2n) is 1.56. The van der Waals surface area contributed by atoms with Gasteiger partial charge in [-0.3, -0.25) is 4.79 Å². The van der Waals surface area contributed by atoms with Crippen molar-refractivity contribution in [3.05, 3.63) is 0 Å². The van der Waals surface area contributed by atoms with E-state index in [0.29, 0.717) is 12.3 Å². The van der Waals surface area contributed by atoms with Gasteiger partial charge in [-0.25, -0.2) is 0 Å². The van der Waals surface area contributed by atoms with Crippen LogP contribution in [0, 0.1) is 0 Å². The number of hydrogen-bond donors (Lipinski definition) is 0. The molecule has 0 heterocycles. The minimum absolute atomic E-state index is 0.149. The molecular weight excluding hydrogens is 271 g/mol. The standard InChI is InChI=1S/C5H7Br2ClO/c6-5(7)4(9)2-1-3-8/h5H,1-3H2. The number of carbonyl (C=O) groups is 1. The zero-order chi connectivity index (χ0) is 7.28. The van der Waals surface area contributed by atoms with Crippen LogP contribution in [-0.2, 0) is 4.79 Å². The second kappa shape index (κ2) is 5.69. The SMILES string of the molecule is O=C(CCCCl)C(Br)Br. The van der Waals surface area contributed by atoms with Crippen LogP contribution in [-0.4, -0.2) is 15.4 Å². The van der Waals surface area contributed by atoms with Gasteiger partial charge in [-0.2, -0.15) is 0 Å². The van der Waals surface area contributed by atoms with Crippen LogP contribution in [0.25, 0.3) is 0 Å². The first-order chi connectivity index (χ1) is 4.18. The van der Waals surface area contributed by atoms with E-state index in [9.17, 15) is 4.79 Å². The minimum Gasteiger partial charge on any atom is -0.297 e. The molecule has 0 aromatic heterocycles. The monoisotopic (exact) mass is 276 g/mol. The van der Waals surface area contributed by atoms with E-state index < -0.39 is 0 Å². The molecule has 0 unspecified atom stereocenters. The number of ketones is 1. The summed E-state index contributed by atoms with van der Waals surface area (Å²) in [5.74, 6) is 0.703. The molecule has 0 aromatic carbocycles. The highest BCUT2D eigenvalue weighted by Crippen LogP contribution is 2.12. The van der Waals surface area contributed by atoms with E-state index in [1.54, 1.807) is 0 Å². The van der Waals surface area contributed by atoms with Crippen LogP contribution in [0.15, 0.2) is 0 Å². The summed E-state index contributed by atoms with van der Waals surface area (Å²) in [6, 6.07) is 0. The molecule has 0 fully saturated rings. The fourth-order valence-corrected chi connectivity index (χ4v) is 0.942. The summed E-state index contributed by atoms with van der Waals surface area (Å²) in [4.78, 5) is 10.7. The van der Waals surface area contributed by atoms with Crippen molar-refractivity contribution in [2.75, 3.05) is 5.88 Å². The van der Waals surface area contributed by atoms with Crippen LogP contribution < -0.4 is 0 Å². The lowest BCUT2D eigenvalue weighted by Gasteiger charge is -1.96. The Bertz CT molecular complexity index is 95.0. The summed E-state index contributed by atoms with van der Waals surface area (Å²) in [7, 11) is 0. The second-order valence-corrected chi connectivity index (χ2v) is 5.00. The van der Waals surface area contributed by atoms with Crippen molar-refractivity contribution in [2.24, 2.45) is 0 Å². The average Bonchev–Trinajstić information content (AvgIpc) is 1.82. The van der Waals surface area contributed by atoms with Crippen LogP contribution in [0.2, 0.25) is 0 Å². The lowest BCUT2D eigenvalue weighted by atomic mass is 10.3. The molecule has 4 heteroatoms. The van der Waals surface area contributed by atoms with Gasteiger partial charge in [-0.15, -0.1) is 11.6 Å². The first-order valence-corrected chi connectivity index (χ1v) is 4.92. The smallest absolute Gasteiger partial charge is 0.157 e. The third-order valence-electron chi connectivity index (χ3n) is 0.800. The van der Waals surface area contributed by atoms with E-state index >= 15 is 0 Å². The molecule has 0 bridgehead atoms. The van der Waals surface area contributed by atoms with Crippen LogP contribution in [0.5, 0.6) is 0 Å². The van der Waals surface area contributed by atoms with E-state index in [1.807, 2.05) is 0 Å². The number of rotatable bonds is 4. The third kappa shape index (κ3) is 5.37. The predicted octanol–water partition coefficient (Wildman–Crippen LogP) is 2.69. The maximum Gasteiger partial charge on any atom is 0.157 e. The average molecular weight is 278 g/mol. The molecule has 0 atom stereocenters. The van der Waals surface area contributed by atoms with Gasteiger partial charge in [0.1, 0.15) is 3.74 Å². The molecule has 0 saturated carbocycles. The largest absolute Gasteiger partial charge is 0.297 e. The Morgan fingerprint density at radius 1 is 1.56 bits per heavy atom. The Morgan fingerprint density at radius 2 is 2.11 bits per heavy atom. The first kappa shape index (κ1) is 9.92. The molecule has 0 aliphatic rings. The molecule has 0 radical (unpaired) electrons. The molecule has 54 valence electrons. The normalized spacial score (nSPS) is 10.2. The molecule has 1 nitrogen and oxygen atoms in total. The zero-order valence-corrected chi connectivity index (χ0v) is 8.67. The first-order valence-electron chi connectivity index (χ1n) is 2.55. The van der Waals surface area contributed by atoms with Gasteiger partial charge in [0.05, 0.1) is 0 Å². The molecule has 0 amide bonds. The van der Waals surface area contributed by atoms with Gasteiger partial charge >= 0.3 is 0 Å². The van der Waals surface area contributed by atoms with Gasteiger partial charge in [-0.1, -0.05) is 31.9 Å². The molecule has 0 aromatic rings. The summed E-state index contributed by atoms with van der Waals surface area (Å²) < 4.78 is -0.201. The molecule has 0 aliphatic carbocycles. The van der Waals surface area contributed by atoms with Crippen molar-refractivity contribution < 1.29 is 4.79 Å². The highest BCUT2D eigenvalue weighted by atomic mass is 79.9. The fraction of sp³-hybridized carbons (Fsp3) is 0.800. The van der Waals surface area contributed by atoms with Crippen LogP contribution in [0.3, 0.4) is 0 Å². The van der Waals surface area contributed by atoms with E-state index in [2.05, 4.69) is 31.9 Å². The van der Waals surface area contributed by atoms with Gasteiger partial charge in [0.15, 0.2) is 5.78 Å². The molecule has 0 aliphatic heterocycles. The Labute approximate surface area is 76.4 Å². The summed E-state index contributed by atoms with van der Waals surface area (Å²) in [6.07, 6.45) is 1.30. The number of alkyl halides is 3. The molecular formula is C5H7Br2ClO. The number of Topliss-reactive ketones (excluding diaryl/α,β-unsaturated/α-hetero) is 1. The van der Waals surface area contributed by atoms with Crippen LogP contribution >= 0.6 is 43.5 Å². The Hall–Kier alpha value is 0.920. The summed E-state index contributed by atoms with van der Waals surface area (Å²) in [5, 5.41) is 0. The predicted molar refractivity (Wildman–Crippen MR) is 46.6 cm³/mol. The van der Waals surface area contributed by atoms with Crippen molar-refractivity contribution in [1.29, 1.82) is 0 Å². The number of hydrogen-bond acceptors (Lipinski definition) is 1. The van der Waals surface area contributed by atoms with Gasteiger partial charge in [0.2, 0.25) is 0 Å². The van der Waals surface area contributed by atoms with Crippen LogP contribution in [0.4, 0.5) is 0 Å². The van der Waals surface area contributed by atoms with Crippen LogP contribution in [0.1, 0.15) is 12.8 Å². The Balaban J connectivity index is 3.28. The van der Waals surface area contributed by atoms with E-state index in [-0.39, 0.29) is 9.52 Å². The maximum absolute atomic E-state index is 10.7. The highest BCUT2D eigenvalue weighted by molar-refractivity contribution is 9.25. The lowest BCUT2D eigenvalue weighted by molar-refractivity contribution is -0.117. The van der Waals surface area contributed by atoms with Gasteiger partial charge in [0.25, 0.3) is 0 Å². The van der Waals surface area contributed by atoms with Crippen molar-refractivity contribution in [3.8, 4) is 0 Å². The highest BCUT2D eigenvalue weighted by Gasteiger charge is 2.08. The van der Waals surface area contributed by atoms with Crippen molar-refractivity contribution >= 4 is 49.2 Å². The molecule has 0 rings (SSSR count). The van der Waals surface area contributed by atoms with E-state index in [4.69, 9.17) is 11.6 Å². The lowest BCUT2D eigenvalue weighted by Crippen LogP contribution is -2.05. The topological polar surface area (TPSA) is 17.1 Å². The quantitative estimate of drug-likeness (QED) is 0.723. The summed E-state index contributed by atoms with van der Waals surface area (Å²) >= 11 is 11.6. The molecule has 0 saturated heterocycles. The van der Waals surface area contributed by atoms with Gasteiger partial charge in [0, 0.05) is 12.3 Å². The van der Waals surface area contributed by atoms with Crippen molar-refractivity contribution in [1.82, 2.24) is 0 Å². The Morgan fingerprint density at radius 3 is 2.44 bits per heavy atom. The molecule has 0 spiro atoms. The van der Waals surface area contributed by atoms with Crippen molar-refractivity contribution in [2.45, 2.75) is 16.6 Å². The van der Waals surface area contributed by atoms with E-state index in [1.165, 1.54) is 0 Å². The summed E-state index contributed by atoms with van der Waals surface area (Å²) in [5.41, 5.74) is 0. The van der Waals surface area contributed by atoms with E-state index in [0.717, 1.165) is 6.42 Å². The number of halogens is 3. The molecule has 0 N–H and O–H groups in total. The van der Waals surface area contributed by atoms with Crippen molar-refractivity contribution in [3.63, 3.8) is 0 Å². The zero-order valence-electron chi connectivity index (χ0n) is 4.74. The van der Waals surface area contributed by atoms with Gasteiger partial charge in [-0.05, 0) is 6.42 Å². The minimum atomic E-state index is -0.201. The fourth-order valence-electron chi connectivity index (χ4n) is 0.350. The third-order valence-corrected chi connectivity index (χ3v) is 2.09.